The highest BCUT2D eigenvalue weighted by molar-refractivity contribution is 7.17. The van der Waals surface area contributed by atoms with Gasteiger partial charge in [-0.25, -0.2) is 4.79 Å². The number of thiophene rings is 1. The summed E-state index contributed by atoms with van der Waals surface area (Å²) >= 11 is 7.71. The third-order valence-corrected chi connectivity index (χ3v) is 7.81. The molecule has 1 atom stereocenters. The second kappa shape index (κ2) is 11.5. The molecule has 198 valence electrons. The standard InChI is InChI=1S/C30H31ClN2O4S/c1-7-17(4)20-12-14-21(15-13-20)25-19(6)38-29(26(25)30(35)36-16(2)3)32-28(34)24-18(5)37-33-27(24)22-10-8-9-11-23(22)31/h8-17H,7H2,1-6H3,(H,32,34)/t17-/m0/s1. The van der Waals surface area contributed by atoms with Crippen molar-refractivity contribution in [2.75, 3.05) is 5.32 Å². The average Bonchev–Trinajstić information content (AvgIpc) is 3.42. The van der Waals surface area contributed by atoms with Gasteiger partial charge >= 0.3 is 5.97 Å². The molecule has 1 amide bonds. The molecule has 8 heteroatoms. The van der Waals surface area contributed by atoms with E-state index in [0.717, 1.165) is 22.4 Å². The van der Waals surface area contributed by atoms with Crippen LogP contribution in [0.5, 0.6) is 0 Å². The van der Waals surface area contributed by atoms with E-state index in [9.17, 15) is 9.59 Å². The van der Waals surface area contributed by atoms with Crippen LogP contribution in [0.1, 0.15) is 77.0 Å². The van der Waals surface area contributed by atoms with E-state index < -0.39 is 11.9 Å². The Morgan fingerprint density at radius 3 is 2.37 bits per heavy atom. The molecule has 4 rings (SSSR count). The van der Waals surface area contributed by atoms with Crippen LogP contribution in [0.3, 0.4) is 0 Å². The lowest BCUT2D eigenvalue weighted by Crippen LogP contribution is -2.17. The Morgan fingerprint density at radius 1 is 1.05 bits per heavy atom. The summed E-state index contributed by atoms with van der Waals surface area (Å²) in [7, 11) is 0. The smallest absolute Gasteiger partial charge is 0.342 e. The van der Waals surface area contributed by atoms with Gasteiger partial charge in [0.1, 0.15) is 27.6 Å². The van der Waals surface area contributed by atoms with Crippen LogP contribution in [0.4, 0.5) is 5.00 Å². The highest BCUT2D eigenvalue weighted by atomic mass is 35.5. The van der Waals surface area contributed by atoms with Crippen molar-refractivity contribution >= 4 is 39.8 Å². The molecule has 2 aromatic heterocycles. The van der Waals surface area contributed by atoms with Crippen LogP contribution >= 0.6 is 22.9 Å². The van der Waals surface area contributed by atoms with Gasteiger partial charge in [0.05, 0.1) is 11.1 Å². The first-order chi connectivity index (χ1) is 18.1. The number of hydrogen-bond acceptors (Lipinski definition) is 6. The number of aryl methyl sites for hydroxylation is 2. The average molecular weight is 551 g/mol. The van der Waals surface area contributed by atoms with Gasteiger partial charge in [-0.15, -0.1) is 11.3 Å². The van der Waals surface area contributed by atoms with Gasteiger partial charge in [0, 0.05) is 16.0 Å². The zero-order valence-electron chi connectivity index (χ0n) is 22.3. The lowest BCUT2D eigenvalue weighted by Gasteiger charge is -2.13. The second-order valence-corrected chi connectivity index (χ2v) is 11.2. The van der Waals surface area contributed by atoms with Gasteiger partial charge in [-0.2, -0.15) is 0 Å². The van der Waals surface area contributed by atoms with Crippen LogP contribution in [-0.4, -0.2) is 23.1 Å². The third-order valence-electron chi connectivity index (χ3n) is 6.46. The van der Waals surface area contributed by atoms with Crippen molar-refractivity contribution in [3.63, 3.8) is 0 Å². The molecular formula is C30H31ClN2O4S. The number of benzene rings is 2. The zero-order valence-corrected chi connectivity index (χ0v) is 23.9. The van der Waals surface area contributed by atoms with Crippen LogP contribution in [0.15, 0.2) is 53.1 Å². The van der Waals surface area contributed by atoms with Gasteiger partial charge in [0.25, 0.3) is 5.91 Å². The quantitative estimate of drug-likeness (QED) is 0.222. The Hall–Kier alpha value is -3.42. The molecule has 6 nitrogen and oxygen atoms in total. The number of nitrogens with zero attached hydrogens (tertiary/aromatic N) is 1. The van der Waals surface area contributed by atoms with Crippen molar-refractivity contribution in [2.24, 2.45) is 0 Å². The van der Waals surface area contributed by atoms with E-state index in [2.05, 4.69) is 36.5 Å². The minimum Gasteiger partial charge on any atom is -0.459 e. The summed E-state index contributed by atoms with van der Waals surface area (Å²) in [4.78, 5) is 27.9. The minimum atomic E-state index is -0.492. The molecule has 0 unspecified atom stereocenters. The van der Waals surface area contributed by atoms with E-state index in [1.54, 1.807) is 39.0 Å². The van der Waals surface area contributed by atoms with E-state index in [4.69, 9.17) is 20.9 Å². The van der Waals surface area contributed by atoms with Crippen molar-refractivity contribution in [3.05, 3.63) is 80.9 Å². The number of halogens is 1. The van der Waals surface area contributed by atoms with Crippen molar-refractivity contribution in [3.8, 4) is 22.4 Å². The summed E-state index contributed by atoms with van der Waals surface area (Å²) in [6.45, 7) is 11.5. The third kappa shape index (κ3) is 5.54. The summed E-state index contributed by atoms with van der Waals surface area (Å²) in [5.74, 6) is -0.156. The van der Waals surface area contributed by atoms with E-state index in [0.29, 0.717) is 38.5 Å². The van der Waals surface area contributed by atoms with Crippen LogP contribution in [0.2, 0.25) is 5.02 Å². The SMILES string of the molecule is CC[C@H](C)c1ccc(-c2c(C)sc(NC(=O)c3c(-c4ccccc4Cl)noc3C)c2C(=O)OC(C)C)cc1. The first kappa shape index (κ1) is 27.6. The van der Waals surface area contributed by atoms with Crippen molar-refractivity contribution in [2.45, 2.75) is 60.0 Å². The maximum atomic E-state index is 13.6. The number of ether oxygens (including phenoxy) is 1. The lowest BCUT2D eigenvalue weighted by atomic mass is 9.94. The maximum Gasteiger partial charge on any atom is 0.342 e. The molecule has 1 N–H and O–H groups in total. The summed E-state index contributed by atoms with van der Waals surface area (Å²) in [5.41, 5.74) is 4.39. The van der Waals surface area contributed by atoms with Gasteiger partial charge < -0.3 is 14.6 Å². The normalized spacial score (nSPS) is 12.0. The molecular weight excluding hydrogens is 520 g/mol. The van der Waals surface area contributed by atoms with Gasteiger partial charge in [-0.1, -0.05) is 73.1 Å². The van der Waals surface area contributed by atoms with Gasteiger partial charge in [-0.05, 0) is 57.2 Å². The first-order valence-electron chi connectivity index (χ1n) is 12.6. The molecule has 0 saturated carbocycles. The molecule has 2 aromatic carbocycles. The Morgan fingerprint density at radius 2 is 1.74 bits per heavy atom. The zero-order chi connectivity index (χ0) is 27.6. The van der Waals surface area contributed by atoms with Gasteiger partial charge in [-0.3, -0.25) is 4.79 Å². The molecule has 0 bridgehead atoms. The van der Waals surface area contributed by atoms with E-state index in [1.807, 2.05) is 25.1 Å². The van der Waals surface area contributed by atoms with Crippen molar-refractivity contribution in [1.29, 1.82) is 0 Å². The molecule has 0 aliphatic rings. The van der Waals surface area contributed by atoms with E-state index in [1.165, 1.54) is 16.9 Å². The highest BCUT2D eigenvalue weighted by Gasteiger charge is 2.29. The Balaban J connectivity index is 1.77. The molecule has 0 saturated heterocycles. The second-order valence-electron chi connectivity index (χ2n) is 9.52. The fourth-order valence-electron chi connectivity index (χ4n) is 4.30. The highest BCUT2D eigenvalue weighted by Crippen LogP contribution is 2.42. The number of hydrogen-bond donors (Lipinski definition) is 1. The number of rotatable bonds is 8. The van der Waals surface area contributed by atoms with E-state index >= 15 is 0 Å². The lowest BCUT2D eigenvalue weighted by molar-refractivity contribution is 0.0380. The number of aromatic nitrogens is 1. The largest absolute Gasteiger partial charge is 0.459 e. The molecule has 0 aliphatic carbocycles. The Labute approximate surface area is 232 Å². The summed E-state index contributed by atoms with van der Waals surface area (Å²) < 4.78 is 11.0. The number of nitrogens with one attached hydrogen (secondary N) is 1. The number of amides is 1. The molecule has 2 heterocycles. The Kier molecular flexibility index (Phi) is 8.38. The summed E-state index contributed by atoms with van der Waals surface area (Å²) in [6, 6.07) is 15.3. The minimum absolute atomic E-state index is 0.256. The molecule has 0 spiro atoms. The van der Waals surface area contributed by atoms with Crippen LogP contribution < -0.4 is 5.32 Å². The Bertz CT molecular complexity index is 1470. The van der Waals surface area contributed by atoms with Crippen LogP contribution in [0, 0.1) is 13.8 Å². The van der Waals surface area contributed by atoms with Gasteiger partial charge in [0.15, 0.2) is 0 Å². The van der Waals surface area contributed by atoms with Crippen LogP contribution in [0.25, 0.3) is 22.4 Å². The topological polar surface area (TPSA) is 81.4 Å². The molecule has 38 heavy (non-hydrogen) atoms. The number of anilines is 1. The summed E-state index contributed by atoms with van der Waals surface area (Å²) in [5, 5.41) is 7.90. The fourth-order valence-corrected chi connectivity index (χ4v) is 5.59. The number of esters is 1. The molecule has 0 radical (unpaired) electrons. The predicted octanol–water partition coefficient (Wildman–Crippen LogP) is 8.67. The monoisotopic (exact) mass is 550 g/mol. The summed E-state index contributed by atoms with van der Waals surface area (Å²) in [6.07, 6.45) is 0.719. The number of carbonyl (C=O) groups excluding carboxylic acids is 2. The molecule has 0 aliphatic heterocycles. The van der Waals surface area contributed by atoms with Crippen molar-refractivity contribution < 1.29 is 18.8 Å². The first-order valence-corrected chi connectivity index (χ1v) is 13.8. The fraction of sp³-hybridized carbons (Fsp3) is 0.300. The number of carbonyl (C=O) groups is 2. The molecule has 0 fully saturated rings. The van der Waals surface area contributed by atoms with Crippen molar-refractivity contribution in [1.82, 2.24) is 5.16 Å². The molecule has 4 aromatic rings. The predicted molar refractivity (Wildman–Crippen MR) is 153 cm³/mol. The maximum absolute atomic E-state index is 13.6. The van der Waals surface area contributed by atoms with Crippen LogP contribution in [-0.2, 0) is 4.74 Å². The van der Waals surface area contributed by atoms with E-state index in [-0.39, 0.29) is 11.7 Å². The van der Waals surface area contributed by atoms with Gasteiger partial charge in [0.2, 0.25) is 0 Å².